The van der Waals surface area contributed by atoms with Crippen molar-refractivity contribution in [1.29, 1.82) is 0 Å². The first-order valence-corrected chi connectivity index (χ1v) is 6.03. The zero-order valence-electron chi connectivity index (χ0n) is 10.5. The fourth-order valence-electron chi connectivity index (χ4n) is 1.81. The second kappa shape index (κ2) is 6.66. The molecule has 2 N–H and O–H groups in total. The van der Waals surface area contributed by atoms with E-state index in [0.717, 1.165) is 25.8 Å². The Morgan fingerprint density at radius 1 is 1.56 bits per heavy atom. The Balaban J connectivity index is 2.41. The van der Waals surface area contributed by atoms with Crippen molar-refractivity contribution in [2.75, 3.05) is 6.61 Å². The molecular formula is C12H23N3O. The van der Waals surface area contributed by atoms with Gasteiger partial charge in [0.15, 0.2) is 0 Å². The van der Waals surface area contributed by atoms with Crippen LogP contribution in [0.25, 0.3) is 0 Å². The number of aryl methyl sites for hydroxylation is 2. The number of hydrogen-bond acceptors (Lipinski definition) is 3. The van der Waals surface area contributed by atoms with Gasteiger partial charge in [0.2, 0.25) is 0 Å². The second-order valence-electron chi connectivity index (χ2n) is 4.28. The molecule has 1 aromatic rings. The Hall–Kier alpha value is -0.870. The lowest BCUT2D eigenvalue weighted by atomic mass is 10.1. The van der Waals surface area contributed by atoms with Gasteiger partial charge in [-0.1, -0.05) is 6.92 Å². The van der Waals surface area contributed by atoms with E-state index in [1.165, 1.54) is 11.3 Å². The molecule has 0 radical (unpaired) electrons. The third-order valence-electron chi connectivity index (χ3n) is 2.76. The van der Waals surface area contributed by atoms with Gasteiger partial charge in [-0.15, -0.1) is 0 Å². The molecule has 0 aliphatic carbocycles. The summed E-state index contributed by atoms with van der Waals surface area (Å²) in [6.45, 7) is 5.42. The van der Waals surface area contributed by atoms with E-state index in [2.05, 4.69) is 30.5 Å². The predicted molar refractivity (Wildman–Crippen MR) is 65.2 cm³/mol. The maximum absolute atomic E-state index is 8.74. The lowest BCUT2D eigenvalue weighted by molar-refractivity contribution is 0.276. The Morgan fingerprint density at radius 3 is 2.94 bits per heavy atom. The van der Waals surface area contributed by atoms with E-state index in [0.29, 0.717) is 6.04 Å². The summed E-state index contributed by atoms with van der Waals surface area (Å²) in [6.07, 6.45) is 4.92. The summed E-state index contributed by atoms with van der Waals surface area (Å²) in [5, 5.41) is 16.6. The number of nitrogens with zero attached hydrogens (tertiary/aromatic N) is 2. The van der Waals surface area contributed by atoms with Gasteiger partial charge in [0.1, 0.15) is 0 Å². The van der Waals surface area contributed by atoms with Gasteiger partial charge in [-0.05, 0) is 26.2 Å². The van der Waals surface area contributed by atoms with Crippen molar-refractivity contribution in [3.05, 3.63) is 17.5 Å². The van der Waals surface area contributed by atoms with Crippen LogP contribution in [0.1, 0.15) is 37.9 Å². The van der Waals surface area contributed by atoms with Crippen molar-refractivity contribution in [2.24, 2.45) is 7.05 Å². The minimum atomic E-state index is 0.277. The molecule has 16 heavy (non-hydrogen) atoms. The summed E-state index contributed by atoms with van der Waals surface area (Å²) >= 11 is 0. The molecule has 4 nitrogen and oxygen atoms in total. The minimum Gasteiger partial charge on any atom is -0.396 e. The van der Waals surface area contributed by atoms with Crippen LogP contribution in [0.15, 0.2) is 6.20 Å². The molecule has 0 saturated carbocycles. The van der Waals surface area contributed by atoms with E-state index >= 15 is 0 Å². The van der Waals surface area contributed by atoms with Crippen LogP contribution in [0.5, 0.6) is 0 Å². The molecule has 4 heteroatoms. The van der Waals surface area contributed by atoms with E-state index in [4.69, 9.17) is 5.11 Å². The first-order valence-electron chi connectivity index (χ1n) is 6.03. The van der Waals surface area contributed by atoms with Crippen LogP contribution >= 0.6 is 0 Å². The van der Waals surface area contributed by atoms with Gasteiger partial charge in [0.25, 0.3) is 0 Å². The zero-order chi connectivity index (χ0) is 12.0. The van der Waals surface area contributed by atoms with Crippen molar-refractivity contribution in [1.82, 2.24) is 15.1 Å². The third-order valence-corrected chi connectivity index (χ3v) is 2.76. The molecule has 1 atom stereocenters. The Bertz CT molecular complexity index is 309. The van der Waals surface area contributed by atoms with Crippen molar-refractivity contribution >= 4 is 0 Å². The highest BCUT2D eigenvalue weighted by Crippen LogP contribution is 2.07. The highest BCUT2D eigenvalue weighted by Gasteiger charge is 2.07. The smallest absolute Gasteiger partial charge is 0.0666 e. The number of rotatable bonds is 7. The monoisotopic (exact) mass is 225 g/mol. The van der Waals surface area contributed by atoms with Gasteiger partial charge in [0.05, 0.1) is 5.69 Å². The average Bonchev–Trinajstić information content (AvgIpc) is 2.64. The molecule has 1 heterocycles. The molecule has 0 saturated heterocycles. The first kappa shape index (κ1) is 13.2. The fourth-order valence-corrected chi connectivity index (χ4v) is 1.81. The Labute approximate surface area is 97.7 Å². The van der Waals surface area contributed by atoms with Crippen molar-refractivity contribution in [3.63, 3.8) is 0 Å². The van der Waals surface area contributed by atoms with E-state index < -0.39 is 0 Å². The highest BCUT2D eigenvalue weighted by atomic mass is 16.2. The third kappa shape index (κ3) is 3.94. The quantitative estimate of drug-likeness (QED) is 0.734. The molecule has 1 unspecified atom stereocenters. The average molecular weight is 225 g/mol. The van der Waals surface area contributed by atoms with Crippen LogP contribution in [0.2, 0.25) is 0 Å². The maximum Gasteiger partial charge on any atom is 0.0666 e. The van der Waals surface area contributed by atoms with E-state index in [1.807, 2.05) is 11.7 Å². The topological polar surface area (TPSA) is 50.1 Å². The molecule has 0 spiro atoms. The molecule has 1 rings (SSSR count). The van der Waals surface area contributed by atoms with Crippen LogP contribution in [-0.4, -0.2) is 27.5 Å². The lowest BCUT2D eigenvalue weighted by Crippen LogP contribution is -2.25. The van der Waals surface area contributed by atoms with Crippen molar-refractivity contribution < 1.29 is 5.11 Å². The molecule has 0 aliphatic rings. The first-order chi connectivity index (χ1) is 7.67. The number of aliphatic hydroxyl groups is 1. The highest BCUT2D eigenvalue weighted by molar-refractivity contribution is 5.16. The van der Waals surface area contributed by atoms with Crippen LogP contribution < -0.4 is 5.32 Å². The summed E-state index contributed by atoms with van der Waals surface area (Å²) in [7, 11) is 1.96. The van der Waals surface area contributed by atoms with E-state index in [9.17, 15) is 0 Å². The molecule has 0 bridgehead atoms. The number of aromatic nitrogens is 2. The van der Waals surface area contributed by atoms with Gasteiger partial charge in [-0.3, -0.25) is 4.68 Å². The molecule has 0 amide bonds. The normalized spacial score (nSPS) is 13.0. The van der Waals surface area contributed by atoms with Gasteiger partial charge < -0.3 is 10.4 Å². The van der Waals surface area contributed by atoms with E-state index in [-0.39, 0.29) is 6.61 Å². The van der Waals surface area contributed by atoms with Gasteiger partial charge in [-0.25, -0.2) is 0 Å². The van der Waals surface area contributed by atoms with Crippen molar-refractivity contribution in [3.8, 4) is 0 Å². The molecular weight excluding hydrogens is 202 g/mol. The zero-order valence-corrected chi connectivity index (χ0v) is 10.5. The molecule has 92 valence electrons. The largest absolute Gasteiger partial charge is 0.396 e. The maximum atomic E-state index is 8.74. The molecule has 0 fully saturated rings. The molecule has 0 aliphatic heterocycles. The Morgan fingerprint density at radius 2 is 2.31 bits per heavy atom. The summed E-state index contributed by atoms with van der Waals surface area (Å²) in [5.74, 6) is 0. The van der Waals surface area contributed by atoms with Gasteiger partial charge in [-0.2, -0.15) is 5.10 Å². The summed E-state index contributed by atoms with van der Waals surface area (Å²) in [6, 6.07) is 0.442. The van der Waals surface area contributed by atoms with Crippen LogP contribution in [0, 0.1) is 0 Å². The van der Waals surface area contributed by atoms with Gasteiger partial charge >= 0.3 is 0 Å². The lowest BCUT2D eigenvalue weighted by Gasteiger charge is -2.12. The Kier molecular flexibility index (Phi) is 5.49. The number of nitrogens with one attached hydrogen (secondary N) is 1. The summed E-state index contributed by atoms with van der Waals surface area (Å²) in [4.78, 5) is 0. The second-order valence-corrected chi connectivity index (χ2v) is 4.28. The number of hydrogen-bond donors (Lipinski definition) is 2. The van der Waals surface area contributed by atoms with Crippen LogP contribution in [0.3, 0.4) is 0 Å². The fraction of sp³-hybridized carbons (Fsp3) is 0.750. The summed E-state index contributed by atoms with van der Waals surface area (Å²) in [5.41, 5.74) is 2.45. The number of aliphatic hydroxyl groups excluding tert-OH is 1. The standard InChI is InChI=1S/C12H23N3O/c1-4-12-11(9-15(3)14-12)8-13-10(2)6-5-7-16/h9-10,13,16H,4-8H2,1-3H3. The molecule has 1 aromatic heterocycles. The van der Waals surface area contributed by atoms with Crippen molar-refractivity contribution in [2.45, 2.75) is 45.7 Å². The molecule has 0 aromatic carbocycles. The van der Waals surface area contributed by atoms with Gasteiger partial charge in [0, 0.05) is 38.0 Å². The van der Waals surface area contributed by atoms with E-state index in [1.54, 1.807) is 0 Å². The predicted octanol–water partition coefficient (Wildman–Crippen LogP) is 1.23. The SMILES string of the molecule is CCc1nn(C)cc1CNC(C)CCCO. The summed E-state index contributed by atoms with van der Waals surface area (Å²) < 4.78 is 1.87. The minimum absolute atomic E-state index is 0.277. The van der Waals surface area contributed by atoms with Crippen LogP contribution in [0.4, 0.5) is 0 Å². The van der Waals surface area contributed by atoms with Crippen LogP contribution in [-0.2, 0) is 20.0 Å².